The standard InChI is InChI=1S/C20H30N6O2S/c1-3-21-20(24-18-9-13-25(14-10-18)29(27,28)4-2)22-16-17-7-5-8-19(15-17)26-12-6-11-23-26/h5-8,11-12,15,18H,3-4,9-10,13-14,16H2,1-2H3,(H2,21,22,24). The van der Waals surface area contributed by atoms with Crippen molar-refractivity contribution in [3.63, 3.8) is 0 Å². The van der Waals surface area contributed by atoms with Crippen LogP contribution in [0.15, 0.2) is 47.7 Å². The lowest BCUT2D eigenvalue weighted by molar-refractivity contribution is 0.306. The summed E-state index contributed by atoms with van der Waals surface area (Å²) in [5.41, 5.74) is 2.10. The van der Waals surface area contributed by atoms with E-state index in [2.05, 4.69) is 21.8 Å². The van der Waals surface area contributed by atoms with Crippen molar-refractivity contribution in [3.05, 3.63) is 48.3 Å². The number of hydrogen-bond donors (Lipinski definition) is 2. The summed E-state index contributed by atoms with van der Waals surface area (Å²) in [7, 11) is -3.10. The summed E-state index contributed by atoms with van der Waals surface area (Å²) >= 11 is 0. The summed E-state index contributed by atoms with van der Waals surface area (Å²) in [5, 5.41) is 11.0. The Balaban J connectivity index is 1.60. The Labute approximate surface area is 173 Å². The first kappa shape index (κ1) is 21.3. The van der Waals surface area contributed by atoms with Gasteiger partial charge in [0, 0.05) is 38.1 Å². The molecule has 9 heteroatoms. The maximum absolute atomic E-state index is 12.0. The first-order valence-corrected chi connectivity index (χ1v) is 11.7. The largest absolute Gasteiger partial charge is 0.357 e. The summed E-state index contributed by atoms with van der Waals surface area (Å²) in [4.78, 5) is 4.72. The predicted molar refractivity (Wildman–Crippen MR) is 116 cm³/mol. The van der Waals surface area contributed by atoms with Gasteiger partial charge in [-0.25, -0.2) is 22.4 Å². The minimum atomic E-state index is -3.10. The molecule has 158 valence electrons. The molecule has 0 bridgehead atoms. The van der Waals surface area contributed by atoms with E-state index in [1.165, 1.54) is 0 Å². The molecule has 1 aliphatic rings. The van der Waals surface area contributed by atoms with Crippen LogP contribution in [-0.2, 0) is 16.6 Å². The minimum Gasteiger partial charge on any atom is -0.357 e. The van der Waals surface area contributed by atoms with Gasteiger partial charge < -0.3 is 10.6 Å². The van der Waals surface area contributed by atoms with Crippen molar-refractivity contribution in [2.45, 2.75) is 39.3 Å². The Morgan fingerprint density at radius 3 is 2.69 bits per heavy atom. The summed E-state index contributed by atoms with van der Waals surface area (Å²) in [5.74, 6) is 0.918. The number of rotatable bonds is 7. The normalized spacial score (nSPS) is 16.7. The van der Waals surface area contributed by atoms with E-state index in [1.807, 2.05) is 42.1 Å². The first-order chi connectivity index (χ1) is 14.0. The highest BCUT2D eigenvalue weighted by molar-refractivity contribution is 7.89. The molecular weight excluding hydrogens is 388 g/mol. The van der Waals surface area contributed by atoms with Crippen molar-refractivity contribution < 1.29 is 8.42 Å². The molecule has 8 nitrogen and oxygen atoms in total. The van der Waals surface area contributed by atoms with Crippen LogP contribution in [0.5, 0.6) is 0 Å². The van der Waals surface area contributed by atoms with Crippen LogP contribution in [0, 0.1) is 0 Å². The molecule has 2 heterocycles. The van der Waals surface area contributed by atoms with Crippen LogP contribution in [0.1, 0.15) is 32.3 Å². The molecule has 0 radical (unpaired) electrons. The first-order valence-electron chi connectivity index (χ1n) is 10.1. The Kier molecular flexibility index (Phi) is 7.27. The highest BCUT2D eigenvalue weighted by Gasteiger charge is 2.26. The van der Waals surface area contributed by atoms with Gasteiger partial charge in [-0.1, -0.05) is 12.1 Å². The molecule has 29 heavy (non-hydrogen) atoms. The third-order valence-corrected chi connectivity index (χ3v) is 6.88. The number of nitrogens with zero attached hydrogens (tertiary/aromatic N) is 4. The second-order valence-corrected chi connectivity index (χ2v) is 9.29. The Morgan fingerprint density at radius 2 is 2.03 bits per heavy atom. The van der Waals surface area contributed by atoms with Crippen molar-refractivity contribution >= 4 is 16.0 Å². The van der Waals surface area contributed by atoms with E-state index in [-0.39, 0.29) is 11.8 Å². The number of nitrogens with one attached hydrogen (secondary N) is 2. The number of sulfonamides is 1. The number of aromatic nitrogens is 2. The van der Waals surface area contributed by atoms with Gasteiger partial charge in [0.05, 0.1) is 18.0 Å². The van der Waals surface area contributed by atoms with Gasteiger partial charge in [0.15, 0.2) is 5.96 Å². The van der Waals surface area contributed by atoms with Gasteiger partial charge in [-0.15, -0.1) is 0 Å². The zero-order valence-corrected chi connectivity index (χ0v) is 17.9. The van der Waals surface area contributed by atoms with Crippen molar-refractivity contribution in [3.8, 4) is 5.69 Å². The van der Waals surface area contributed by atoms with Crippen LogP contribution in [-0.4, -0.2) is 59.9 Å². The molecule has 0 amide bonds. The fourth-order valence-corrected chi connectivity index (χ4v) is 4.50. The Morgan fingerprint density at radius 1 is 1.24 bits per heavy atom. The zero-order chi connectivity index (χ0) is 20.7. The van der Waals surface area contributed by atoms with Crippen LogP contribution in [0.2, 0.25) is 0 Å². The lowest BCUT2D eigenvalue weighted by Gasteiger charge is -2.32. The molecular formula is C20H30N6O2S. The second kappa shape index (κ2) is 9.89. The second-order valence-electron chi connectivity index (χ2n) is 7.03. The predicted octanol–water partition coefficient (Wildman–Crippen LogP) is 1.74. The van der Waals surface area contributed by atoms with Crippen LogP contribution in [0.3, 0.4) is 0 Å². The van der Waals surface area contributed by atoms with Gasteiger partial charge in [-0.3, -0.25) is 0 Å². The van der Waals surface area contributed by atoms with E-state index in [0.717, 1.165) is 36.6 Å². The van der Waals surface area contributed by atoms with E-state index >= 15 is 0 Å². The number of hydrogen-bond acceptors (Lipinski definition) is 4. The van der Waals surface area contributed by atoms with Crippen LogP contribution < -0.4 is 10.6 Å². The summed E-state index contributed by atoms with van der Waals surface area (Å²) in [6.07, 6.45) is 5.23. The molecule has 1 aromatic heterocycles. The highest BCUT2D eigenvalue weighted by Crippen LogP contribution is 2.15. The van der Waals surface area contributed by atoms with Crippen LogP contribution in [0.25, 0.3) is 5.69 Å². The average molecular weight is 419 g/mol. The lowest BCUT2D eigenvalue weighted by atomic mass is 10.1. The number of benzene rings is 1. The van der Waals surface area contributed by atoms with E-state index in [4.69, 9.17) is 4.99 Å². The van der Waals surface area contributed by atoms with Crippen LogP contribution >= 0.6 is 0 Å². The van der Waals surface area contributed by atoms with Gasteiger partial charge >= 0.3 is 0 Å². The molecule has 1 fully saturated rings. The number of aliphatic imine (C=N–C) groups is 1. The molecule has 2 aromatic rings. The van der Waals surface area contributed by atoms with Gasteiger partial charge in [-0.05, 0) is 50.5 Å². The van der Waals surface area contributed by atoms with Crippen molar-refractivity contribution in [1.29, 1.82) is 0 Å². The molecule has 0 aliphatic carbocycles. The molecule has 1 saturated heterocycles. The Bertz CT molecular complexity index is 903. The minimum absolute atomic E-state index is 0.160. The van der Waals surface area contributed by atoms with E-state index < -0.39 is 10.0 Å². The maximum Gasteiger partial charge on any atom is 0.213 e. The van der Waals surface area contributed by atoms with Crippen molar-refractivity contribution in [2.75, 3.05) is 25.4 Å². The van der Waals surface area contributed by atoms with E-state index in [9.17, 15) is 8.42 Å². The van der Waals surface area contributed by atoms with E-state index in [1.54, 1.807) is 17.4 Å². The third-order valence-electron chi connectivity index (χ3n) is 5.00. The SMILES string of the molecule is CCNC(=NCc1cccc(-n2cccn2)c1)NC1CCN(S(=O)(=O)CC)CC1. The van der Waals surface area contributed by atoms with Crippen molar-refractivity contribution in [2.24, 2.45) is 4.99 Å². The smallest absolute Gasteiger partial charge is 0.213 e. The molecule has 1 aromatic carbocycles. The summed E-state index contributed by atoms with van der Waals surface area (Å²) < 4.78 is 27.5. The van der Waals surface area contributed by atoms with Gasteiger partial charge in [0.25, 0.3) is 0 Å². The molecule has 0 atom stereocenters. The van der Waals surface area contributed by atoms with Crippen LogP contribution in [0.4, 0.5) is 0 Å². The highest BCUT2D eigenvalue weighted by atomic mass is 32.2. The molecule has 3 rings (SSSR count). The maximum atomic E-state index is 12.0. The average Bonchev–Trinajstić information content (AvgIpc) is 3.28. The lowest BCUT2D eigenvalue weighted by Crippen LogP contribution is -2.50. The monoisotopic (exact) mass is 418 g/mol. The molecule has 2 N–H and O–H groups in total. The van der Waals surface area contributed by atoms with Gasteiger partial charge in [-0.2, -0.15) is 5.10 Å². The summed E-state index contributed by atoms with van der Waals surface area (Å²) in [6.45, 7) is 6.15. The topological polar surface area (TPSA) is 91.6 Å². The number of piperidine rings is 1. The Hall–Kier alpha value is -2.39. The number of guanidine groups is 1. The molecule has 0 unspecified atom stereocenters. The van der Waals surface area contributed by atoms with Gasteiger partial charge in [0.2, 0.25) is 10.0 Å². The summed E-state index contributed by atoms with van der Waals surface area (Å²) in [6, 6.07) is 10.3. The van der Waals surface area contributed by atoms with Gasteiger partial charge in [0.1, 0.15) is 0 Å². The molecule has 0 spiro atoms. The fraction of sp³-hybridized carbons (Fsp3) is 0.500. The third kappa shape index (κ3) is 5.80. The fourth-order valence-electron chi connectivity index (χ4n) is 3.36. The molecule has 1 aliphatic heterocycles. The quantitative estimate of drug-likeness (QED) is 0.528. The zero-order valence-electron chi connectivity index (χ0n) is 17.1. The molecule has 0 saturated carbocycles. The van der Waals surface area contributed by atoms with Crippen molar-refractivity contribution in [1.82, 2.24) is 24.7 Å². The van der Waals surface area contributed by atoms with E-state index in [0.29, 0.717) is 19.6 Å².